The van der Waals surface area contributed by atoms with Gasteiger partial charge < -0.3 is 15.0 Å². The highest BCUT2D eigenvalue weighted by Gasteiger charge is 2.25. The number of nitrogens with one attached hydrogen (secondary N) is 1. The quantitative estimate of drug-likeness (QED) is 0.923. The molecule has 1 heterocycles. The van der Waals surface area contributed by atoms with Crippen LogP contribution in [-0.2, 0) is 9.53 Å². The molecular formula is C16H19F2N3O2. The Morgan fingerprint density at radius 2 is 1.91 bits per heavy atom. The number of carbonyl (C=O) groups is 1. The first-order valence-electron chi connectivity index (χ1n) is 7.47. The van der Waals surface area contributed by atoms with Gasteiger partial charge in [0.25, 0.3) is 0 Å². The third kappa shape index (κ3) is 4.39. The molecule has 0 aromatic heterocycles. The molecule has 0 bridgehead atoms. The summed E-state index contributed by atoms with van der Waals surface area (Å²) < 4.78 is 33.0. The molecule has 1 aromatic rings. The van der Waals surface area contributed by atoms with Crippen LogP contribution in [0, 0.1) is 23.0 Å². The highest BCUT2D eigenvalue weighted by Crippen LogP contribution is 2.20. The maximum atomic E-state index is 13.7. The van der Waals surface area contributed by atoms with Crippen LogP contribution in [0.4, 0.5) is 14.5 Å². The van der Waals surface area contributed by atoms with Crippen LogP contribution in [0.15, 0.2) is 12.1 Å². The fourth-order valence-corrected chi connectivity index (χ4v) is 2.64. The molecule has 1 aromatic carbocycles. The SMILES string of the molecule is C[C@@H]1CN(C(=O)CCNc2c(F)cc(C#N)cc2F)C[C@H](C)O1. The van der Waals surface area contributed by atoms with Gasteiger partial charge in [-0.1, -0.05) is 0 Å². The Labute approximate surface area is 133 Å². The van der Waals surface area contributed by atoms with Gasteiger partial charge in [-0.25, -0.2) is 8.78 Å². The molecule has 124 valence electrons. The van der Waals surface area contributed by atoms with E-state index in [1.54, 1.807) is 11.0 Å². The number of anilines is 1. The van der Waals surface area contributed by atoms with Gasteiger partial charge in [0.1, 0.15) is 5.69 Å². The Balaban J connectivity index is 1.90. The van der Waals surface area contributed by atoms with E-state index >= 15 is 0 Å². The number of morpholine rings is 1. The van der Waals surface area contributed by atoms with Crippen LogP contribution in [0.1, 0.15) is 25.8 Å². The summed E-state index contributed by atoms with van der Waals surface area (Å²) in [5.41, 5.74) is -0.404. The molecule has 1 amide bonds. The first kappa shape index (κ1) is 17.2. The second-order valence-corrected chi connectivity index (χ2v) is 5.66. The fourth-order valence-electron chi connectivity index (χ4n) is 2.64. The number of rotatable bonds is 4. The number of hydrogen-bond donors (Lipinski definition) is 1. The number of nitrogens with zero attached hydrogens (tertiary/aromatic N) is 2. The Morgan fingerprint density at radius 1 is 1.35 bits per heavy atom. The number of hydrogen-bond acceptors (Lipinski definition) is 4. The summed E-state index contributed by atoms with van der Waals surface area (Å²) in [6.07, 6.45) is 0.0753. The van der Waals surface area contributed by atoms with E-state index in [1.807, 2.05) is 13.8 Å². The number of benzene rings is 1. The minimum absolute atomic E-state index is 0.0240. The predicted octanol–water partition coefficient (Wildman–Crippen LogP) is 2.27. The second kappa shape index (κ2) is 7.38. The van der Waals surface area contributed by atoms with E-state index in [4.69, 9.17) is 10.00 Å². The molecule has 0 aliphatic carbocycles. The molecule has 23 heavy (non-hydrogen) atoms. The summed E-state index contributed by atoms with van der Waals surface area (Å²) in [6, 6.07) is 3.59. The van der Waals surface area contributed by atoms with Crippen molar-refractivity contribution in [2.75, 3.05) is 25.0 Å². The topological polar surface area (TPSA) is 65.4 Å². The molecule has 2 rings (SSSR count). The van der Waals surface area contributed by atoms with Crippen molar-refractivity contribution in [3.8, 4) is 6.07 Å². The summed E-state index contributed by atoms with van der Waals surface area (Å²) in [5.74, 6) is -1.78. The van der Waals surface area contributed by atoms with Gasteiger partial charge in [0.05, 0.1) is 23.8 Å². The summed E-state index contributed by atoms with van der Waals surface area (Å²) in [6.45, 7) is 4.94. The Bertz CT molecular complexity index is 597. The van der Waals surface area contributed by atoms with Crippen molar-refractivity contribution in [3.63, 3.8) is 0 Å². The average molecular weight is 323 g/mol. The van der Waals surface area contributed by atoms with Crippen molar-refractivity contribution in [1.82, 2.24) is 4.90 Å². The fraction of sp³-hybridized carbons (Fsp3) is 0.500. The molecule has 0 saturated carbocycles. The molecule has 1 aliphatic rings. The predicted molar refractivity (Wildman–Crippen MR) is 80.8 cm³/mol. The van der Waals surface area contributed by atoms with E-state index in [0.29, 0.717) is 13.1 Å². The summed E-state index contributed by atoms with van der Waals surface area (Å²) in [7, 11) is 0. The van der Waals surface area contributed by atoms with E-state index in [1.165, 1.54) is 0 Å². The normalized spacial score (nSPS) is 20.9. The number of nitriles is 1. The summed E-state index contributed by atoms with van der Waals surface area (Å²) in [5, 5.41) is 11.2. The van der Waals surface area contributed by atoms with Gasteiger partial charge in [0.2, 0.25) is 5.91 Å². The minimum Gasteiger partial charge on any atom is -0.380 e. The standard InChI is InChI=1S/C16H19F2N3O2/c1-10-8-21(9-11(2)23-10)15(22)3-4-20-16-13(17)5-12(7-19)6-14(16)18/h5-6,10-11,20H,3-4,8-9H2,1-2H3/t10-,11+. The van der Waals surface area contributed by atoms with Gasteiger partial charge in [-0.3, -0.25) is 4.79 Å². The van der Waals surface area contributed by atoms with Gasteiger partial charge in [-0.2, -0.15) is 5.26 Å². The number of carbonyl (C=O) groups excluding carboxylic acids is 1. The monoisotopic (exact) mass is 323 g/mol. The molecule has 1 fully saturated rings. The van der Waals surface area contributed by atoms with Gasteiger partial charge in [0, 0.05) is 26.1 Å². The van der Waals surface area contributed by atoms with Crippen molar-refractivity contribution in [2.45, 2.75) is 32.5 Å². The Hall–Kier alpha value is -2.20. The van der Waals surface area contributed by atoms with Crippen LogP contribution in [0.25, 0.3) is 0 Å². The van der Waals surface area contributed by atoms with Crippen molar-refractivity contribution in [3.05, 3.63) is 29.3 Å². The summed E-state index contributed by atoms with van der Waals surface area (Å²) >= 11 is 0. The number of amides is 1. The van der Waals surface area contributed by atoms with Crippen molar-refractivity contribution in [2.24, 2.45) is 0 Å². The molecule has 5 nitrogen and oxygen atoms in total. The second-order valence-electron chi connectivity index (χ2n) is 5.66. The van der Waals surface area contributed by atoms with Crippen molar-refractivity contribution >= 4 is 11.6 Å². The molecule has 1 saturated heterocycles. The maximum Gasteiger partial charge on any atom is 0.224 e. The van der Waals surface area contributed by atoms with Gasteiger partial charge in [0.15, 0.2) is 11.6 Å². The first-order valence-corrected chi connectivity index (χ1v) is 7.47. The molecular weight excluding hydrogens is 304 g/mol. The molecule has 0 unspecified atom stereocenters. The lowest BCUT2D eigenvalue weighted by Gasteiger charge is -2.35. The molecule has 1 N–H and O–H groups in total. The van der Waals surface area contributed by atoms with E-state index in [-0.39, 0.29) is 42.3 Å². The molecule has 0 spiro atoms. The van der Waals surface area contributed by atoms with E-state index in [9.17, 15) is 13.6 Å². The van der Waals surface area contributed by atoms with E-state index in [2.05, 4.69) is 5.32 Å². The van der Waals surface area contributed by atoms with Crippen LogP contribution in [-0.4, -0.2) is 42.6 Å². The Kier molecular flexibility index (Phi) is 5.50. The third-order valence-electron chi connectivity index (χ3n) is 3.58. The Morgan fingerprint density at radius 3 is 2.43 bits per heavy atom. The van der Waals surface area contributed by atoms with E-state index in [0.717, 1.165) is 12.1 Å². The number of ether oxygens (including phenoxy) is 1. The zero-order chi connectivity index (χ0) is 17.0. The zero-order valence-corrected chi connectivity index (χ0v) is 13.1. The first-order chi connectivity index (χ1) is 10.9. The lowest BCUT2D eigenvalue weighted by atomic mass is 10.2. The molecule has 7 heteroatoms. The van der Waals surface area contributed by atoms with Gasteiger partial charge >= 0.3 is 0 Å². The van der Waals surface area contributed by atoms with E-state index < -0.39 is 11.6 Å². The smallest absolute Gasteiger partial charge is 0.224 e. The van der Waals surface area contributed by atoms with Crippen LogP contribution in [0.3, 0.4) is 0 Å². The van der Waals surface area contributed by atoms with Gasteiger partial charge in [-0.05, 0) is 26.0 Å². The highest BCUT2D eigenvalue weighted by atomic mass is 19.1. The van der Waals surface area contributed by atoms with Crippen molar-refractivity contribution < 1.29 is 18.3 Å². The van der Waals surface area contributed by atoms with Crippen LogP contribution >= 0.6 is 0 Å². The average Bonchev–Trinajstić information content (AvgIpc) is 2.48. The molecule has 2 atom stereocenters. The number of halogens is 2. The third-order valence-corrected chi connectivity index (χ3v) is 3.58. The van der Waals surface area contributed by atoms with Crippen LogP contribution in [0.5, 0.6) is 0 Å². The molecule has 1 aliphatic heterocycles. The lowest BCUT2D eigenvalue weighted by molar-refractivity contribution is -0.142. The molecule has 0 radical (unpaired) electrons. The lowest BCUT2D eigenvalue weighted by Crippen LogP contribution is -2.48. The minimum atomic E-state index is -0.845. The van der Waals surface area contributed by atoms with Crippen molar-refractivity contribution in [1.29, 1.82) is 5.26 Å². The van der Waals surface area contributed by atoms with Gasteiger partial charge in [-0.15, -0.1) is 0 Å². The highest BCUT2D eigenvalue weighted by molar-refractivity contribution is 5.77. The maximum absolute atomic E-state index is 13.7. The summed E-state index contributed by atoms with van der Waals surface area (Å²) in [4.78, 5) is 13.8. The van der Waals surface area contributed by atoms with Crippen LogP contribution in [0.2, 0.25) is 0 Å². The largest absolute Gasteiger partial charge is 0.380 e. The van der Waals surface area contributed by atoms with Crippen LogP contribution < -0.4 is 5.32 Å². The zero-order valence-electron chi connectivity index (χ0n) is 13.1.